The summed E-state index contributed by atoms with van der Waals surface area (Å²) in [6.07, 6.45) is 0.887. The molecule has 1 aliphatic rings. The summed E-state index contributed by atoms with van der Waals surface area (Å²) < 4.78 is 32.5. The first-order chi connectivity index (χ1) is 16.0. The number of amides is 2. The lowest BCUT2D eigenvalue weighted by atomic mass is 10.0. The Morgan fingerprint density at radius 2 is 1.71 bits per heavy atom. The van der Waals surface area contributed by atoms with Crippen molar-refractivity contribution in [3.05, 3.63) is 53.6 Å². The van der Waals surface area contributed by atoms with E-state index in [1.165, 1.54) is 4.31 Å². The number of anilines is 2. The zero-order valence-electron chi connectivity index (χ0n) is 20.4. The Bertz CT molecular complexity index is 1150. The summed E-state index contributed by atoms with van der Waals surface area (Å²) in [5, 5.41) is 2.65. The number of hydrogen-bond donors (Lipinski definition) is 1. The minimum absolute atomic E-state index is 0.177. The van der Waals surface area contributed by atoms with E-state index < -0.39 is 21.7 Å². The number of carbonyl (C=O) groups is 2. The molecule has 2 aromatic carbocycles. The number of rotatable bonds is 6. The Hall–Kier alpha value is -2.91. The molecule has 2 aromatic rings. The molecule has 0 spiro atoms. The average Bonchev–Trinajstić information content (AvgIpc) is 2.77. The summed E-state index contributed by atoms with van der Waals surface area (Å²) in [5.74, 6) is -0.177. The highest BCUT2D eigenvalue weighted by Gasteiger charge is 2.27. The monoisotopic (exact) mass is 487 g/mol. The SMILES string of the molecule is CCN(CC)S(=O)(=O)c1ccc2c(c1)CCCN2C(=O)c1ccc(NC(=O)OC(C)(C)C)cc1. The van der Waals surface area contributed by atoms with Crippen LogP contribution in [0.25, 0.3) is 0 Å². The Balaban J connectivity index is 1.79. The predicted octanol–water partition coefficient (Wildman–Crippen LogP) is 4.66. The summed E-state index contributed by atoms with van der Waals surface area (Å²) in [7, 11) is -3.57. The molecule has 1 aliphatic heterocycles. The van der Waals surface area contributed by atoms with Crippen molar-refractivity contribution in [2.45, 2.75) is 58.0 Å². The second-order valence-electron chi connectivity index (χ2n) is 9.14. The van der Waals surface area contributed by atoms with Gasteiger partial charge in [0.25, 0.3) is 5.91 Å². The van der Waals surface area contributed by atoms with E-state index in [1.54, 1.807) is 68.1 Å². The van der Waals surface area contributed by atoms with Gasteiger partial charge in [-0.15, -0.1) is 0 Å². The molecule has 1 N–H and O–H groups in total. The molecule has 0 aromatic heterocycles. The van der Waals surface area contributed by atoms with Crippen LogP contribution in [0.3, 0.4) is 0 Å². The molecular formula is C25H33N3O5S. The molecule has 2 amide bonds. The Labute approximate surface area is 201 Å². The van der Waals surface area contributed by atoms with Crippen molar-refractivity contribution in [2.75, 3.05) is 29.9 Å². The lowest BCUT2D eigenvalue weighted by Crippen LogP contribution is -2.36. The first-order valence-corrected chi connectivity index (χ1v) is 12.9. The summed E-state index contributed by atoms with van der Waals surface area (Å²) in [6.45, 7) is 10.3. The third kappa shape index (κ3) is 5.77. The van der Waals surface area contributed by atoms with Gasteiger partial charge in [-0.05, 0) is 81.6 Å². The number of fused-ring (bicyclic) bond motifs is 1. The van der Waals surface area contributed by atoms with E-state index in [0.717, 1.165) is 17.7 Å². The first kappa shape index (κ1) is 25.7. The molecule has 0 saturated heterocycles. The van der Waals surface area contributed by atoms with Crippen LogP contribution >= 0.6 is 0 Å². The number of benzene rings is 2. The van der Waals surface area contributed by atoms with Gasteiger partial charge in [0.1, 0.15) is 5.60 Å². The van der Waals surface area contributed by atoms with Gasteiger partial charge in [-0.25, -0.2) is 13.2 Å². The average molecular weight is 488 g/mol. The van der Waals surface area contributed by atoms with E-state index >= 15 is 0 Å². The summed E-state index contributed by atoms with van der Waals surface area (Å²) in [4.78, 5) is 27.1. The highest BCUT2D eigenvalue weighted by molar-refractivity contribution is 7.89. The first-order valence-electron chi connectivity index (χ1n) is 11.5. The Morgan fingerprint density at radius 3 is 2.29 bits per heavy atom. The molecule has 0 unspecified atom stereocenters. The molecule has 0 radical (unpaired) electrons. The van der Waals surface area contributed by atoms with Crippen molar-refractivity contribution in [1.82, 2.24) is 4.31 Å². The number of hydrogen-bond acceptors (Lipinski definition) is 5. The van der Waals surface area contributed by atoms with E-state index in [2.05, 4.69) is 5.32 Å². The maximum absolute atomic E-state index is 13.3. The lowest BCUT2D eigenvalue weighted by Gasteiger charge is -2.30. The van der Waals surface area contributed by atoms with Crippen LogP contribution < -0.4 is 10.2 Å². The van der Waals surface area contributed by atoms with Crippen molar-refractivity contribution >= 4 is 33.4 Å². The standard InChI is InChI=1S/C25H33N3O5S/c1-6-27(7-2)34(31,32)21-14-15-22-19(17-21)9-8-16-28(22)23(29)18-10-12-20(13-11-18)26-24(30)33-25(3,4)5/h10-15,17H,6-9,16H2,1-5H3,(H,26,30). The smallest absolute Gasteiger partial charge is 0.412 e. The van der Waals surface area contributed by atoms with Crippen LogP contribution in [-0.2, 0) is 21.2 Å². The van der Waals surface area contributed by atoms with Crippen LogP contribution in [0.15, 0.2) is 47.4 Å². The van der Waals surface area contributed by atoms with Gasteiger partial charge >= 0.3 is 6.09 Å². The molecule has 0 atom stereocenters. The fourth-order valence-electron chi connectivity index (χ4n) is 3.93. The summed E-state index contributed by atoms with van der Waals surface area (Å²) in [5.41, 5.74) is 1.96. The fraction of sp³-hybridized carbons (Fsp3) is 0.440. The van der Waals surface area contributed by atoms with Crippen molar-refractivity contribution in [1.29, 1.82) is 0 Å². The lowest BCUT2D eigenvalue weighted by molar-refractivity contribution is 0.0635. The molecule has 0 bridgehead atoms. The molecular weight excluding hydrogens is 454 g/mol. The molecule has 8 nitrogen and oxygen atoms in total. The molecule has 0 saturated carbocycles. The van der Waals surface area contributed by atoms with Crippen molar-refractivity contribution < 1.29 is 22.7 Å². The topological polar surface area (TPSA) is 96.0 Å². The number of aryl methyl sites for hydroxylation is 1. The van der Waals surface area contributed by atoms with E-state index in [-0.39, 0.29) is 10.8 Å². The molecule has 0 fully saturated rings. The minimum atomic E-state index is -3.57. The number of sulfonamides is 1. The zero-order valence-corrected chi connectivity index (χ0v) is 21.2. The van der Waals surface area contributed by atoms with Crippen LogP contribution in [0.1, 0.15) is 57.0 Å². The Morgan fingerprint density at radius 1 is 1.06 bits per heavy atom. The number of nitrogens with zero attached hydrogens (tertiary/aromatic N) is 2. The van der Waals surface area contributed by atoms with E-state index in [4.69, 9.17) is 4.74 Å². The maximum atomic E-state index is 13.3. The molecule has 3 rings (SSSR count). The Kier molecular flexibility index (Phi) is 7.67. The van der Waals surface area contributed by atoms with Crippen molar-refractivity contribution in [3.63, 3.8) is 0 Å². The third-order valence-electron chi connectivity index (χ3n) is 5.54. The van der Waals surface area contributed by atoms with E-state index in [9.17, 15) is 18.0 Å². The van der Waals surface area contributed by atoms with Gasteiger partial charge in [0, 0.05) is 36.6 Å². The van der Waals surface area contributed by atoms with Gasteiger partial charge in [-0.3, -0.25) is 10.1 Å². The quantitative estimate of drug-likeness (QED) is 0.639. The predicted molar refractivity (Wildman–Crippen MR) is 133 cm³/mol. The minimum Gasteiger partial charge on any atom is -0.444 e. The van der Waals surface area contributed by atoms with Gasteiger partial charge in [-0.2, -0.15) is 4.31 Å². The van der Waals surface area contributed by atoms with Gasteiger partial charge < -0.3 is 9.64 Å². The number of carbonyl (C=O) groups excluding carboxylic acids is 2. The zero-order chi connectivity index (χ0) is 25.1. The van der Waals surface area contributed by atoms with Gasteiger partial charge in [0.05, 0.1) is 4.90 Å². The number of ether oxygens (including phenoxy) is 1. The van der Waals surface area contributed by atoms with Gasteiger partial charge in [0.2, 0.25) is 10.0 Å². The second kappa shape index (κ2) is 10.1. The van der Waals surface area contributed by atoms with Gasteiger partial charge in [-0.1, -0.05) is 13.8 Å². The molecule has 0 aliphatic carbocycles. The van der Waals surface area contributed by atoms with Crippen molar-refractivity contribution in [2.24, 2.45) is 0 Å². The fourth-order valence-corrected chi connectivity index (χ4v) is 5.44. The summed E-state index contributed by atoms with van der Waals surface area (Å²) >= 11 is 0. The molecule has 1 heterocycles. The van der Waals surface area contributed by atoms with E-state index in [0.29, 0.717) is 37.3 Å². The molecule has 34 heavy (non-hydrogen) atoms. The van der Waals surface area contributed by atoms with Crippen LogP contribution in [0.5, 0.6) is 0 Å². The molecule has 9 heteroatoms. The number of nitrogens with one attached hydrogen (secondary N) is 1. The third-order valence-corrected chi connectivity index (χ3v) is 7.58. The van der Waals surface area contributed by atoms with E-state index in [1.807, 2.05) is 13.8 Å². The highest BCUT2D eigenvalue weighted by atomic mass is 32.2. The largest absolute Gasteiger partial charge is 0.444 e. The molecule has 184 valence electrons. The van der Waals surface area contributed by atoms with Crippen LogP contribution in [-0.4, -0.2) is 50.0 Å². The highest BCUT2D eigenvalue weighted by Crippen LogP contribution is 2.31. The second-order valence-corrected chi connectivity index (χ2v) is 11.1. The van der Waals surface area contributed by atoms with Crippen LogP contribution in [0, 0.1) is 0 Å². The maximum Gasteiger partial charge on any atom is 0.412 e. The summed E-state index contributed by atoms with van der Waals surface area (Å²) in [6, 6.07) is 11.6. The van der Waals surface area contributed by atoms with Gasteiger partial charge in [0.15, 0.2) is 0 Å². The normalized spacial score (nSPS) is 14.0. The van der Waals surface area contributed by atoms with Crippen LogP contribution in [0.2, 0.25) is 0 Å². The van der Waals surface area contributed by atoms with Crippen LogP contribution in [0.4, 0.5) is 16.2 Å². The van der Waals surface area contributed by atoms with Crippen molar-refractivity contribution in [3.8, 4) is 0 Å².